The van der Waals surface area contributed by atoms with Crippen LogP contribution in [0.1, 0.15) is 49.0 Å². The van der Waals surface area contributed by atoms with Crippen LogP contribution in [0.4, 0.5) is 5.69 Å². The van der Waals surface area contributed by atoms with Gasteiger partial charge in [0.1, 0.15) is 6.61 Å². The molecule has 1 aliphatic heterocycles. The van der Waals surface area contributed by atoms with Crippen LogP contribution in [0.3, 0.4) is 0 Å². The summed E-state index contributed by atoms with van der Waals surface area (Å²) in [6.45, 7) is 4.22. The predicted molar refractivity (Wildman–Crippen MR) is 136 cm³/mol. The molecule has 0 amide bonds. The van der Waals surface area contributed by atoms with Gasteiger partial charge < -0.3 is 24.6 Å². The minimum Gasteiger partial charge on any atom is -0.500 e. The highest BCUT2D eigenvalue weighted by Gasteiger charge is 2.42. The van der Waals surface area contributed by atoms with Gasteiger partial charge in [-0.1, -0.05) is 6.07 Å². The number of nitrogens with one attached hydrogen (secondary N) is 1. The molecule has 2 N–H and O–H groups in total. The lowest BCUT2D eigenvalue weighted by atomic mass is 9.72. The van der Waals surface area contributed by atoms with E-state index in [2.05, 4.69) is 5.32 Å². The summed E-state index contributed by atoms with van der Waals surface area (Å²) in [7, 11) is 1.27. The number of carbonyl (C=O) groups excluding carboxylic acids is 2. The number of dihydropyridines is 1. The van der Waals surface area contributed by atoms with Gasteiger partial charge in [0.05, 0.1) is 24.2 Å². The minimum atomic E-state index is -0.944. The number of nitro benzene ring substituents is 1. The maximum atomic E-state index is 13.6. The van der Waals surface area contributed by atoms with Gasteiger partial charge in [-0.2, -0.15) is 0 Å². The molecule has 0 saturated heterocycles. The zero-order valence-corrected chi connectivity index (χ0v) is 21.6. The Labute approximate surface area is 217 Å². The Morgan fingerprint density at radius 1 is 1.30 bits per heavy atom. The number of methoxy groups -OCH3 is 1. The van der Waals surface area contributed by atoms with E-state index in [-0.39, 0.29) is 48.2 Å². The summed E-state index contributed by atoms with van der Waals surface area (Å²) in [6.07, 6.45) is 0.778. The van der Waals surface area contributed by atoms with Crippen LogP contribution in [0.15, 0.2) is 52.2 Å². The normalized spacial score (nSPS) is 19.4. The van der Waals surface area contributed by atoms with E-state index in [0.29, 0.717) is 30.0 Å². The van der Waals surface area contributed by atoms with E-state index in [1.165, 1.54) is 19.2 Å². The number of phenolic OH excluding ortho intramolecular Hbond substituents is 1. The fourth-order valence-corrected chi connectivity index (χ4v) is 5.69. The number of aromatic hydroxyl groups is 1. The number of hydrogen-bond donors (Lipinski definition) is 2. The summed E-state index contributed by atoms with van der Waals surface area (Å²) in [5.41, 5.74) is 1.36. The number of thiophene rings is 1. The number of ketones is 1. The first-order chi connectivity index (χ1) is 17.8. The fraction of sp³-hybridized carbons (Fsp3) is 0.385. The third kappa shape index (κ3) is 5.23. The number of benzene rings is 1. The maximum absolute atomic E-state index is 13.6. The molecule has 0 saturated carbocycles. The first-order valence-electron chi connectivity index (χ1n) is 11.8. The van der Waals surface area contributed by atoms with Crippen molar-refractivity contribution in [3.63, 3.8) is 0 Å². The second-order valence-electron chi connectivity index (χ2n) is 8.71. The fourth-order valence-electron chi connectivity index (χ4n) is 4.86. The van der Waals surface area contributed by atoms with E-state index >= 15 is 0 Å². The van der Waals surface area contributed by atoms with Crippen molar-refractivity contribution in [2.45, 2.75) is 38.5 Å². The molecule has 1 aliphatic carbocycles. The average molecular weight is 529 g/mol. The molecule has 1 aromatic carbocycles. The molecule has 2 aromatic rings. The molecular formula is C26H28N2O8S. The van der Waals surface area contributed by atoms with Crippen LogP contribution >= 0.6 is 11.3 Å². The molecule has 1 aromatic heterocycles. The van der Waals surface area contributed by atoms with Gasteiger partial charge in [-0.25, -0.2) is 4.79 Å². The monoisotopic (exact) mass is 528 g/mol. The number of esters is 1. The first kappa shape index (κ1) is 26.4. The smallest absolute Gasteiger partial charge is 0.336 e. The summed E-state index contributed by atoms with van der Waals surface area (Å²) in [4.78, 5) is 39.0. The van der Waals surface area contributed by atoms with Crippen molar-refractivity contribution in [2.75, 3.05) is 26.9 Å². The molecule has 0 radical (unpaired) electrons. The van der Waals surface area contributed by atoms with E-state index in [4.69, 9.17) is 14.2 Å². The van der Waals surface area contributed by atoms with Crippen molar-refractivity contribution in [1.82, 2.24) is 5.32 Å². The standard InChI is InChI=1S/C26H28N2O8S/c1-4-35-7-8-36-26(31)22-14(2)27-17-10-15(21-6-5-9-37-21)12-19(29)24(17)23(22)16-11-18(28(32)33)25(30)20(13-16)34-3/h5-6,9,11,13,15,23,27,30H,4,7-8,10,12H2,1-3H3/t15-,23-/m1/s1. The molecule has 2 atom stereocenters. The maximum Gasteiger partial charge on any atom is 0.336 e. The van der Waals surface area contributed by atoms with Gasteiger partial charge in [0.25, 0.3) is 0 Å². The molecule has 2 aliphatic rings. The lowest BCUT2D eigenvalue weighted by molar-refractivity contribution is -0.386. The zero-order valence-electron chi connectivity index (χ0n) is 20.7. The molecule has 2 heterocycles. The van der Waals surface area contributed by atoms with Crippen LogP contribution in [-0.4, -0.2) is 48.7 Å². The van der Waals surface area contributed by atoms with Crippen LogP contribution in [0.2, 0.25) is 0 Å². The Balaban J connectivity index is 1.83. The third-order valence-electron chi connectivity index (χ3n) is 6.49. The highest BCUT2D eigenvalue weighted by atomic mass is 32.1. The van der Waals surface area contributed by atoms with Crippen LogP contribution < -0.4 is 10.1 Å². The Hall–Kier alpha value is -3.70. The Morgan fingerprint density at radius 3 is 2.73 bits per heavy atom. The average Bonchev–Trinajstić information content (AvgIpc) is 3.41. The van der Waals surface area contributed by atoms with Gasteiger partial charge in [0, 0.05) is 52.8 Å². The summed E-state index contributed by atoms with van der Waals surface area (Å²) < 4.78 is 15.9. The Morgan fingerprint density at radius 2 is 2.08 bits per heavy atom. The summed E-state index contributed by atoms with van der Waals surface area (Å²) in [6, 6.07) is 6.53. The van der Waals surface area contributed by atoms with Crippen molar-refractivity contribution in [3.05, 3.63) is 72.7 Å². The number of allylic oxidation sites excluding steroid dienone is 3. The van der Waals surface area contributed by atoms with Crippen LogP contribution in [0, 0.1) is 10.1 Å². The molecule has 0 fully saturated rings. The number of hydrogen-bond acceptors (Lipinski definition) is 10. The molecule has 0 bridgehead atoms. The Kier molecular flexibility index (Phi) is 7.94. The molecule has 4 rings (SSSR count). The summed E-state index contributed by atoms with van der Waals surface area (Å²) in [5.74, 6) is -2.56. The highest BCUT2D eigenvalue weighted by Crippen LogP contribution is 2.49. The highest BCUT2D eigenvalue weighted by molar-refractivity contribution is 7.10. The molecule has 0 unspecified atom stereocenters. The number of nitro groups is 1. The minimum absolute atomic E-state index is 0.00945. The van der Waals surface area contributed by atoms with Gasteiger partial charge in [0.15, 0.2) is 11.5 Å². The number of ether oxygens (including phenoxy) is 3. The van der Waals surface area contributed by atoms with Gasteiger partial charge in [-0.3, -0.25) is 14.9 Å². The van der Waals surface area contributed by atoms with E-state index in [9.17, 15) is 24.8 Å². The van der Waals surface area contributed by atoms with Crippen molar-refractivity contribution >= 4 is 28.8 Å². The lowest BCUT2D eigenvalue weighted by Crippen LogP contribution is -2.36. The molecular weight excluding hydrogens is 500 g/mol. The molecule has 11 heteroatoms. The van der Waals surface area contributed by atoms with E-state index in [0.717, 1.165) is 4.88 Å². The number of rotatable bonds is 9. The second-order valence-corrected chi connectivity index (χ2v) is 9.69. The zero-order chi connectivity index (χ0) is 26.7. The molecule has 10 nitrogen and oxygen atoms in total. The largest absolute Gasteiger partial charge is 0.500 e. The van der Waals surface area contributed by atoms with E-state index in [1.54, 1.807) is 18.3 Å². The number of nitrogens with zero attached hydrogens (tertiary/aromatic N) is 1. The predicted octanol–water partition coefficient (Wildman–Crippen LogP) is 4.31. The van der Waals surface area contributed by atoms with Gasteiger partial charge in [-0.05, 0) is 43.3 Å². The van der Waals surface area contributed by atoms with Crippen molar-refractivity contribution in [1.29, 1.82) is 0 Å². The molecule has 196 valence electrons. The SMILES string of the molecule is CCOCCOC(=O)C1=C(C)NC2=C(C(=O)C[C@H](c3cccs3)C2)[C@@H]1c1cc(OC)c(O)c([N+](=O)[O-])c1. The Bertz CT molecular complexity index is 1280. The molecule has 37 heavy (non-hydrogen) atoms. The topological polar surface area (TPSA) is 137 Å². The number of Topliss-reactive ketones (excluding diaryl/α,β-unsaturated/α-hetero) is 1. The van der Waals surface area contributed by atoms with Gasteiger partial charge in [0.2, 0.25) is 5.75 Å². The van der Waals surface area contributed by atoms with Crippen molar-refractivity contribution in [2.24, 2.45) is 0 Å². The summed E-state index contributed by atoms with van der Waals surface area (Å²) in [5, 5.41) is 27.2. The first-order valence-corrected chi connectivity index (χ1v) is 12.7. The van der Waals surface area contributed by atoms with Gasteiger partial charge >= 0.3 is 11.7 Å². The van der Waals surface area contributed by atoms with Crippen molar-refractivity contribution in [3.8, 4) is 11.5 Å². The van der Waals surface area contributed by atoms with E-state index < -0.39 is 28.2 Å². The lowest BCUT2D eigenvalue weighted by Gasteiger charge is -2.36. The van der Waals surface area contributed by atoms with Crippen LogP contribution in [-0.2, 0) is 19.1 Å². The third-order valence-corrected chi connectivity index (χ3v) is 7.52. The summed E-state index contributed by atoms with van der Waals surface area (Å²) >= 11 is 1.58. The van der Waals surface area contributed by atoms with E-state index in [1.807, 2.05) is 24.4 Å². The quantitative estimate of drug-likeness (QED) is 0.211. The van der Waals surface area contributed by atoms with Crippen LogP contribution in [0.5, 0.6) is 11.5 Å². The number of carbonyl (C=O) groups is 2. The second kappa shape index (κ2) is 11.1. The molecule has 0 spiro atoms. The number of phenols is 1. The van der Waals surface area contributed by atoms with Gasteiger partial charge in [-0.15, -0.1) is 11.3 Å². The van der Waals surface area contributed by atoms with Crippen molar-refractivity contribution < 1.29 is 33.8 Å². The van der Waals surface area contributed by atoms with Crippen LogP contribution in [0.25, 0.3) is 0 Å².